The largest absolute Gasteiger partial charge is 0.497 e. The highest BCUT2D eigenvalue weighted by molar-refractivity contribution is 8.26. The summed E-state index contributed by atoms with van der Waals surface area (Å²) in [5.74, 6) is 0.521. The number of thioether (sulfide) groups is 1. The maximum atomic E-state index is 12.7. The van der Waals surface area contributed by atoms with Crippen molar-refractivity contribution in [2.75, 3.05) is 14.2 Å². The van der Waals surface area contributed by atoms with Crippen molar-refractivity contribution in [3.05, 3.63) is 64.6 Å². The second kappa shape index (κ2) is 8.90. The SMILES string of the molecule is COc1ccc(C=C2SC(=S)N(NC(=O)Cc3ccccc3)C2=O)c(OC)c1. The van der Waals surface area contributed by atoms with Crippen LogP contribution >= 0.6 is 24.0 Å². The van der Waals surface area contributed by atoms with Crippen LogP contribution in [0.3, 0.4) is 0 Å². The van der Waals surface area contributed by atoms with Crippen molar-refractivity contribution in [1.29, 1.82) is 0 Å². The summed E-state index contributed by atoms with van der Waals surface area (Å²) in [7, 11) is 3.11. The topological polar surface area (TPSA) is 67.9 Å². The predicted octanol–water partition coefficient (Wildman–Crippen LogP) is 3.18. The molecule has 0 saturated carbocycles. The molecule has 0 spiro atoms. The van der Waals surface area contributed by atoms with E-state index in [0.717, 1.165) is 22.3 Å². The number of thiocarbonyl (C=S) groups is 1. The van der Waals surface area contributed by atoms with Crippen LogP contribution in [0.1, 0.15) is 11.1 Å². The lowest BCUT2D eigenvalue weighted by atomic mass is 10.1. The molecular weight excluding hydrogens is 396 g/mol. The Hall–Kier alpha value is -2.84. The Kier molecular flexibility index (Phi) is 6.33. The van der Waals surface area contributed by atoms with Gasteiger partial charge in [0.1, 0.15) is 11.5 Å². The Morgan fingerprint density at radius 1 is 1.18 bits per heavy atom. The minimum absolute atomic E-state index is 0.156. The highest BCUT2D eigenvalue weighted by Crippen LogP contribution is 2.34. The van der Waals surface area contributed by atoms with Crippen LogP contribution in [0.5, 0.6) is 11.5 Å². The van der Waals surface area contributed by atoms with Gasteiger partial charge >= 0.3 is 0 Å². The van der Waals surface area contributed by atoms with Gasteiger partial charge in [0.05, 0.1) is 25.5 Å². The number of carbonyl (C=O) groups excluding carboxylic acids is 2. The third kappa shape index (κ3) is 4.52. The van der Waals surface area contributed by atoms with Gasteiger partial charge in [0.2, 0.25) is 5.91 Å². The monoisotopic (exact) mass is 414 g/mol. The van der Waals surface area contributed by atoms with Crippen molar-refractivity contribution in [2.45, 2.75) is 6.42 Å². The molecule has 0 atom stereocenters. The number of hydrogen-bond donors (Lipinski definition) is 1. The Morgan fingerprint density at radius 2 is 1.93 bits per heavy atom. The Balaban J connectivity index is 1.74. The van der Waals surface area contributed by atoms with E-state index in [9.17, 15) is 9.59 Å². The van der Waals surface area contributed by atoms with Crippen LogP contribution in [0.4, 0.5) is 0 Å². The fourth-order valence-electron chi connectivity index (χ4n) is 2.59. The second-order valence-corrected chi connectivity index (χ2v) is 7.50. The molecule has 0 aromatic heterocycles. The van der Waals surface area contributed by atoms with Crippen molar-refractivity contribution in [3.8, 4) is 11.5 Å². The average Bonchev–Trinajstić information content (AvgIpc) is 2.96. The molecule has 0 bridgehead atoms. The number of amides is 2. The quantitative estimate of drug-likeness (QED) is 0.579. The Bertz CT molecular complexity index is 944. The predicted molar refractivity (Wildman–Crippen MR) is 113 cm³/mol. The van der Waals surface area contributed by atoms with E-state index in [1.165, 1.54) is 0 Å². The minimum atomic E-state index is -0.380. The summed E-state index contributed by atoms with van der Waals surface area (Å²) in [6, 6.07) is 14.6. The molecule has 2 amide bonds. The fraction of sp³-hybridized carbons (Fsp3) is 0.150. The number of methoxy groups -OCH3 is 2. The van der Waals surface area contributed by atoms with Crippen molar-refractivity contribution < 1.29 is 19.1 Å². The number of benzene rings is 2. The number of carbonyl (C=O) groups is 2. The van der Waals surface area contributed by atoms with E-state index in [4.69, 9.17) is 21.7 Å². The molecule has 1 N–H and O–H groups in total. The summed E-state index contributed by atoms with van der Waals surface area (Å²) < 4.78 is 10.8. The van der Waals surface area contributed by atoms with E-state index in [-0.39, 0.29) is 22.6 Å². The number of nitrogens with zero attached hydrogens (tertiary/aromatic N) is 1. The summed E-state index contributed by atoms with van der Waals surface area (Å²) >= 11 is 6.38. The van der Waals surface area contributed by atoms with Crippen LogP contribution in [0, 0.1) is 0 Å². The molecule has 0 aliphatic carbocycles. The number of ether oxygens (including phenoxy) is 2. The first-order valence-electron chi connectivity index (χ1n) is 8.35. The van der Waals surface area contributed by atoms with E-state index < -0.39 is 0 Å². The van der Waals surface area contributed by atoms with Crippen LogP contribution < -0.4 is 14.9 Å². The molecule has 2 aromatic carbocycles. The molecule has 0 unspecified atom stereocenters. The standard InChI is InChI=1S/C20H18N2O4S2/c1-25-15-9-8-14(16(12-15)26-2)11-17-19(24)22(20(27)28-17)21-18(23)10-13-6-4-3-5-7-13/h3-9,11-12H,10H2,1-2H3,(H,21,23). The maximum absolute atomic E-state index is 12.7. The van der Waals surface area contributed by atoms with Crippen LogP contribution in [-0.2, 0) is 16.0 Å². The van der Waals surface area contributed by atoms with Gasteiger partial charge in [0.15, 0.2) is 4.32 Å². The highest BCUT2D eigenvalue weighted by atomic mass is 32.2. The lowest BCUT2D eigenvalue weighted by Crippen LogP contribution is -2.45. The van der Waals surface area contributed by atoms with Gasteiger partial charge in [-0.25, -0.2) is 0 Å². The van der Waals surface area contributed by atoms with Gasteiger partial charge in [-0.2, -0.15) is 5.01 Å². The van der Waals surface area contributed by atoms with Gasteiger partial charge in [0.25, 0.3) is 5.91 Å². The third-order valence-corrected chi connectivity index (χ3v) is 5.27. The van der Waals surface area contributed by atoms with Gasteiger partial charge in [0, 0.05) is 11.6 Å². The normalized spacial score (nSPS) is 15.1. The summed E-state index contributed by atoms with van der Waals surface area (Å²) in [6.45, 7) is 0. The summed E-state index contributed by atoms with van der Waals surface area (Å²) in [4.78, 5) is 25.4. The van der Waals surface area contributed by atoms with Crippen molar-refractivity contribution >= 4 is 46.2 Å². The second-order valence-electron chi connectivity index (χ2n) is 5.82. The average molecular weight is 415 g/mol. The molecule has 1 saturated heterocycles. The molecule has 1 fully saturated rings. The molecule has 144 valence electrons. The van der Waals surface area contributed by atoms with Crippen LogP contribution in [0.15, 0.2) is 53.4 Å². The summed E-state index contributed by atoms with van der Waals surface area (Å²) in [5, 5.41) is 1.10. The molecule has 1 aliphatic heterocycles. The van der Waals surface area contributed by atoms with Gasteiger partial charge in [-0.3, -0.25) is 15.0 Å². The zero-order valence-corrected chi connectivity index (χ0v) is 16.9. The van der Waals surface area contributed by atoms with Crippen molar-refractivity contribution in [1.82, 2.24) is 10.4 Å². The Morgan fingerprint density at radius 3 is 2.61 bits per heavy atom. The molecule has 3 rings (SSSR count). The summed E-state index contributed by atoms with van der Waals surface area (Å²) in [6.07, 6.45) is 1.84. The van der Waals surface area contributed by atoms with Crippen LogP contribution in [0.2, 0.25) is 0 Å². The molecule has 0 radical (unpaired) electrons. The lowest BCUT2D eigenvalue weighted by molar-refractivity contribution is -0.132. The molecule has 6 nitrogen and oxygen atoms in total. The summed E-state index contributed by atoms with van der Waals surface area (Å²) in [5.41, 5.74) is 4.14. The van der Waals surface area contributed by atoms with Crippen molar-refractivity contribution in [2.24, 2.45) is 0 Å². The van der Waals surface area contributed by atoms with E-state index in [1.54, 1.807) is 38.5 Å². The van der Waals surface area contributed by atoms with E-state index in [2.05, 4.69) is 5.43 Å². The first kappa shape index (κ1) is 19.9. The Labute approximate surface area is 172 Å². The van der Waals surface area contributed by atoms with Crippen LogP contribution in [0.25, 0.3) is 6.08 Å². The molecular formula is C20H18N2O4S2. The van der Waals surface area contributed by atoms with Crippen molar-refractivity contribution in [3.63, 3.8) is 0 Å². The smallest absolute Gasteiger partial charge is 0.285 e. The van der Waals surface area contributed by atoms with E-state index in [1.807, 2.05) is 30.3 Å². The lowest BCUT2D eigenvalue weighted by Gasteiger charge is -2.15. The first-order chi connectivity index (χ1) is 13.5. The van der Waals surface area contributed by atoms with E-state index in [0.29, 0.717) is 22.0 Å². The number of hydrazine groups is 1. The van der Waals surface area contributed by atoms with Gasteiger partial charge in [-0.15, -0.1) is 0 Å². The zero-order valence-electron chi connectivity index (χ0n) is 15.3. The maximum Gasteiger partial charge on any atom is 0.285 e. The molecule has 8 heteroatoms. The molecule has 1 aliphatic rings. The fourth-order valence-corrected chi connectivity index (χ4v) is 3.76. The third-order valence-electron chi connectivity index (χ3n) is 3.96. The number of hydrogen-bond acceptors (Lipinski definition) is 6. The number of nitrogens with one attached hydrogen (secondary N) is 1. The first-order valence-corrected chi connectivity index (χ1v) is 9.57. The van der Waals surface area contributed by atoms with Gasteiger partial charge in [-0.05, 0) is 36.0 Å². The van der Waals surface area contributed by atoms with Gasteiger partial charge in [-0.1, -0.05) is 42.1 Å². The number of rotatable bonds is 6. The molecule has 1 heterocycles. The minimum Gasteiger partial charge on any atom is -0.497 e. The van der Waals surface area contributed by atoms with Gasteiger partial charge < -0.3 is 9.47 Å². The molecule has 28 heavy (non-hydrogen) atoms. The highest BCUT2D eigenvalue weighted by Gasteiger charge is 2.33. The van der Waals surface area contributed by atoms with E-state index >= 15 is 0 Å². The van der Waals surface area contributed by atoms with Crippen LogP contribution in [-0.4, -0.2) is 35.4 Å². The zero-order chi connectivity index (χ0) is 20.1. The molecule has 2 aromatic rings.